The minimum Gasteiger partial charge on any atom is -0.508 e. The third kappa shape index (κ3) is 3.33. The molecule has 0 heterocycles. The predicted octanol–water partition coefficient (Wildman–Crippen LogP) is 1.71. The van der Waals surface area contributed by atoms with Crippen molar-refractivity contribution >= 4 is 5.91 Å². The molecule has 0 aromatic heterocycles. The maximum Gasteiger partial charge on any atom is 0.241 e. The Bertz CT molecular complexity index is 555. The monoisotopic (exact) mass is 256 g/mol. The number of carbonyl (C=O) groups is 1. The highest BCUT2D eigenvalue weighted by Gasteiger charge is 2.15. The fraction of sp³-hybridized carbons (Fsp3) is 0.133. The summed E-state index contributed by atoms with van der Waals surface area (Å²) in [6.45, 7) is 0.256. The van der Waals surface area contributed by atoms with Gasteiger partial charge in [-0.2, -0.15) is 0 Å². The molecule has 0 aliphatic heterocycles. The van der Waals surface area contributed by atoms with Crippen LogP contribution in [0.1, 0.15) is 17.2 Å². The normalized spacial score (nSPS) is 11.8. The second-order valence-corrected chi connectivity index (χ2v) is 4.23. The molecule has 0 radical (unpaired) electrons. The maximum atomic E-state index is 11.9. The van der Waals surface area contributed by atoms with Crippen molar-refractivity contribution in [2.24, 2.45) is 5.73 Å². The Labute approximate surface area is 111 Å². The average molecular weight is 256 g/mol. The first-order chi connectivity index (χ1) is 9.18. The number of benzene rings is 2. The first-order valence-electron chi connectivity index (χ1n) is 6.03. The van der Waals surface area contributed by atoms with Crippen LogP contribution in [0.3, 0.4) is 0 Å². The van der Waals surface area contributed by atoms with Gasteiger partial charge >= 0.3 is 0 Å². The van der Waals surface area contributed by atoms with Gasteiger partial charge in [0.1, 0.15) is 11.8 Å². The molecule has 0 bridgehead atoms. The Morgan fingerprint density at radius 3 is 2.42 bits per heavy atom. The molecule has 98 valence electrons. The molecular formula is C15H16N2O2. The van der Waals surface area contributed by atoms with Gasteiger partial charge in [0.15, 0.2) is 0 Å². The molecular weight excluding hydrogens is 240 g/mol. The minimum atomic E-state index is -0.702. The van der Waals surface area contributed by atoms with E-state index < -0.39 is 6.04 Å². The zero-order chi connectivity index (χ0) is 13.7. The Morgan fingerprint density at radius 1 is 1.11 bits per heavy atom. The summed E-state index contributed by atoms with van der Waals surface area (Å²) in [5.41, 5.74) is 7.29. The molecule has 0 fully saturated rings. The summed E-state index contributed by atoms with van der Waals surface area (Å²) in [5, 5.41) is 12.3. The minimum absolute atomic E-state index is 0.163. The summed E-state index contributed by atoms with van der Waals surface area (Å²) in [5.74, 6) is -0.106. The van der Waals surface area contributed by atoms with Crippen LogP contribution in [0.15, 0.2) is 54.6 Å². The highest BCUT2D eigenvalue weighted by Crippen LogP contribution is 2.15. The van der Waals surface area contributed by atoms with Crippen molar-refractivity contribution in [1.29, 1.82) is 0 Å². The largest absolute Gasteiger partial charge is 0.508 e. The lowest BCUT2D eigenvalue weighted by Gasteiger charge is -2.13. The van der Waals surface area contributed by atoms with E-state index in [-0.39, 0.29) is 18.2 Å². The topological polar surface area (TPSA) is 75.4 Å². The smallest absolute Gasteiger partial charge is 0.241 e. The molecule has 0 aliphatic carbocycles. The van der Waals surface area contributed by atoms with Gasteiger partial charge in [0.05, 0.1) is 0 Å². The van der Waals surface area contributed by atoms with Crippen molar-refractivity contribution in [3.63, 3.8) is 0 Å². The van der Waals surface area contributed by atoms with Crippen LogP contribution in [0.5, 0.6) is 5.75 Å². The quantitative estimate of drug-likeness (QED) is 0.779. The van der Waals surface area contributed by atoms with Gasteiger partial charge in [0, 0.05) is 12.1 Å². The Morgan fingerprint density at radius 2 is 1.74 bits per heavy atom. The third-order valence-corrected chi connectivity index (χ3v) is 2.89. The lowest BCUT2D eigenvalue weighted by Crippen LogP contribution is -2.33. The summed E-state index contributed by atoms with van der Waals surface area (Å²) in [7, 11) is 0. The molecule has 0 saturated carbocycles. The number of carbonyl (C=O) groups excluding carboxylic acids is 1. The first kappa shape index (κ1) is 13.1. The zero-order valence-electron chi connectivity index (χ0n) is 10.4. The molecule has 0 spiro atoms. The molecule has 2 aromatic carbocycles. The number of rotatable bonds is 4. The Kier molecular flexibility index (Phi) is 4.15. The molecule has 2 rings (SSSR count). The Balaban J connectivity index is 1.97. The van der Waals surface area contributed by atoms with E-state index in [0.717, 1.165) is 5.56 Å². The van der Waals surface area contributed by atoms with Crippen molar-refractivity contribution in [2.75, 3.05) is 0 Å². The van der Waals surface area contributed by atoms with Crippen molar-refractivity contribution in [3.05, 3.63) is 65.7 Å². The number of aromatic hydroxyl groups is 1. The number of hydrogen-bond acceptors (Lipinski definition) is 3. The van der Waals surface area contributed by atoms with E-state index in [0.29, 0.717) is 5.56 Å². The molecule has 4 N–H and O–H groups in total. The summed E-state index contributed by atoms with van der Waals surface area (Å²) in [6, 6.07) is 15.3. The van der Waals surface area contributed by atoms with Crippen LogP contribution in [-0.2, 0) is 11.3 Å². The number of phenols is 1. The van der Waals surface area contributed by atoms with Crippen molar-refractivity contribution in [2.45, 2.75) is 12.6 Å². The number of para-hydroxylation sites is 1. The summed E-state index contributed by atoms with van der Waals surface area (Å²) >= 11 is 0. The third-order valence-electron chi connectivity index (χ3n) is 2.89. The molecule has 2 aromatic rings. The highest BCUT2D eigenvalue weighted by molar-refractivity contribution is 5.82. The number of hydrogen-bond donors (Lipinski definition) is 3. The fourth-order valence-corrected chi connectivity index (χ4v) is 1.76. The van der Waals surface area contributed by atoms with Gasteiger partial charge in [0.2, 0.25) is 5.91 Å². The molecule has 0 aliphatic rings. The van der Waals surface area contributed by atoms with E-state index in [9.17, 15) is 9.90 Å². The van der Waals surface area contributed by atoms with Crippen LogP contribution in [-0.4, -0.2) is 11.0 Å². The molecule has 1 amide bonds. The highest BCUT2D eigenvalue weighted by atomic mass is 16.3. The molecule has 1 atom stereocenters. The zero-order valence-corrected chi connectivity index (χ0v) is 10.4. The summed E-state index contributed by atoms with van der Waals surface area (Å²) in [6.07, 6.45) is 0. The van der Waals surface area contributed by atoms with Crippen LogP contribution in [0.25, 0.3) is 0 Å². The van der Waals surface area contributed by atoms with Gasteiger partial charge in [-0.05, 0) is 11.6 Å². The Hall–Kier alpha value is -2.33. The second kappa shape index (κ2) is 6.02. The lowest BCUT2D eigenvalue weighted by atomic mass is 10.1. The van der Waals surface area contributed by atoms with Gasteiger partial charge in [-0.15, -0.1) is 0 Å². The molecule has 19 heavy (non-hydrogen) atoms. The SMILES string of the molecule is N[C@H](C(=O)NCc1ccccc1O)c1ccccc1. The second-order valence-electron chi connectivity index (χ2n) is 4.23. The van der Waals surface area contributed by atoms with E-state index in [4.69, 9.17) is 5.73 Å². The number of nitrogens with two attached hydrogens (primary N) is 1. The van der Waals surface area contributed by atoms with Crippen LogP contribution >= 0.6 is 0 Å². The van der Waals surface area contributed by atoms with Crippen LogP contribution in [0, 0.1) is 0 Å². The lowest BCUT2D eigenvalue weighted by molar-refractivity contribution is -0.122. The van der Waals surface area contributed by atoms with Gasteiger partial charge in [-0.3, -0.25) is 4.79 Å². The number of nitrogens with one attached hydrogen (secondary N) is 1. The maximum absolute atomic E-state index is 11.9. The van der Waals surface area contributed by atoms with Crippen molar-refractivity contribution in [3.8, 4) is 5.75 Å². The average Bonchev–Trinajstić information content (AvgIpc) is 2.46. The van der Waals surface area contributed by atoms with Crippen LogP contribution in [0.2, 0.25) is 0 Å². The van der Waals surface area contributed by atoms with E-state index in [1.165, 1.54) is 0 Å². The van der Waals surface area contributed by atoms with E-state index in [2.05, 4.69) is 5.32 Å². The van der Waals surface area contributed by atoms with Crippen molar-refractivity contribution < 1.29 is 9.90 Å². The molecule has 0 saturated heterocycles. The number of amides is 1. The van der Waals surface area contributed by atoms with Crippen LogP contribution in [0.4, 0.5) is 0 Å². The standard InChI is InChI=1S/C15H16N2O2/c16-14(11-6-2-1-3-7-11)15(19)17-10-12-8-4-5-9-13(12)18/h1-9,14,18H,10,16H2,(H,17,19)/t14-/m0/s1. The van der Waals surface area contributed by atoms with E-state index in [1.807, 2.05) is 30.3 Å². The molecule has 0 unspecified atom stereocenters. The van der Waals surface area contributed by atoms with Gasteiger partial charge in [-0.1, -0.05) is 48.5 Å². The first-order valence-corrected chi connectivity index (χ1v) is 6.03. The molecule has 4 heteroatoms. The van der Waals surface area contributed by atoms with Crippen LogP contribution < -0.4 is 11.1 Å². The van der Waals surface area contributed by atoms with Crippen molar-refractivity contribution in [1.82, 2.24) is 5.32 Å². The van der Waals surface area contributed by atoms with E-state index >= 15 is 0 Å². The fourth-order valence-electron chi connectivity index (χ4n) is 1.76. The molecule has 4 nitrogen and oxygen atoms in total. The van der Waals surface area contributed by atoms with Gasteiger partial charge in [0.25, 0.3) is 0 Å². The van der Waals surface area contributed by atoms with Gasteiger partial charge < -0.3 is 16.2 Å². The summed E-state index contributed by atoms with van der Waals surface area (Å²) in [4.78, 5) is 11.9. The number of phenolic OH excluding ortho intramolecular Hbond substituents is 1. The van der Waals surface area contributed by atoms with E-state index in [1.54, 1.807) is 24.3 Å². The van der Waals surface area contributed by atoms with Gasteiger partial charge in [-0.25, -0.2) is 0 Å². The summed E-state index contributed by atoms with van der Waals surface area (Å²) < 4.78 is 0. The predicted molar refractivity (Wildman–Crippen MR) is 73.3 cm³/mol.